The van der Waals surface area contributed by atoms with Crippen molar-refractivity contribution in [1.29, 1.82) is 0 Å². The van der Waals surface area contributed by atoms with Crippen LogP contribution in [0, 0.1) is 0 Å². The first kappa shape index (κ1) is 40.3. The number of rotatable bonds is 20. The van der Waals surface area contributed by atoms with E-state index < -0.39 is 45.6 Å². The molecule has 1 aromatic heterocycles. The van der Waals surface area contributed by atoms with Gasteiger partial charge >= 0.3 is 0 Å². The Morgan fingerprint density at radius 3 is 2.27 bits per heavy atom. The van der Waals surface area contributed by atoms with Crippen molar-refractivity contribution in [3.63, 3.8) is 0 Å². The number of carbonyl (C=O) groups is 5. The van der Waals surface area contributed by atoms with E-state index in [0.29, 0.717) is 92.9 Å². The predicted octanol–water partition coefficient (Wildman–Crippen LogP) is 3.70. The van der Waals surface area contributed by atoms with Gasteiger partial charge in [-0.15, -0.1) is 0 Å². The van der Waals surface area contributed by atoms with Crippen LogP contribution in [-0.2, 0) is 33.8 Å². The molecule has 0 aliphatic carbocycles. The topological polar surface area (TPSA) is 214 Å². The number of aromatic nitrogens is 1. The standard InChI is InChI=1S/C38H41ClN6O10S/c39-28-23-42-34-26(28)8-2-11-30(34)44-56(51,52)25-7-1-6-24(22-25)35(47)41-15-5-17-54-19-21-55-20-18-53-16-4-14-40-29-10-3-9-27-33(29)38(50)45(37(27)49)31-12-13-32(46)43-36(31)48/h1-3,6-11,22-23,31,40,42,44H,4-5,12-21H2,(H,41,47)(H,43,46,48). The predicted molar refractivity (Wildman–Crippen MR) is 206 cm³/mol. The highest BCUT2D eigenvalue weighted by Crippen LogP contribution is 2.33. The summed E-state index contributed by atoms with van der Waals surface area (Å²) in [5, 5.41) is 9.30. The molecule has 2 aliphatic rings. The number of benzene rings is 3. The Kier molecular flexibility index (Phi) is 13.4. The second kappa shape index (κ2) is 18.5. The maximum Gasteiger partial charge on any atom is 0.264 e. The first-order valence-electron chi connectivity index (χ1n) is 18.0. The molecule has 1 atom stereocenters. The molecule has 6 rings (SSSR count). The van der Waals surface area contributed by atoms with Crippen LogP contribution < -0.4 is 20.7 Å². The molecule has 2 aliphatic heterocycles. The van der Waals surface area contributed by atoms with Crippen LogP contribution >= 0.6 is 11.6 Å². The number of fused-ring (bicyclic) bond motifs is 2. The van der Waals surface area contributed by atoms with Gasteiger partial charge < -0.3 is 29.8 Å². The number of nitrogens with zero attached hydrogens (tertiary/aromatic N) is 1. The van der Waals surface area contributed by atoms with E-state index in [0.717, 1.165) is 4.90 Å². The van der Waals surface area contributed by atoms with Gasteiger partial charge in [-0.25, -0.2) is 8.42 Å². The molecule has 296 valence electrons. The number of piperidine rings is 1. The lowest BCUT2D eigenvalue weighted by molar-refractivity contribution is -0.136. The Hall–Kier alpha value is -5.33. The van der Waals surface area contributed by atoms with Crippen molar-refractivity contribution in [2.24, 2.45) is 0 Å². The molecule has 0 bridgehead atoms. The molecule has 1 unspecified atom stereocenters. The first-order valence-corrected chi connectivity index (χ1v) is 19.9. The zero-order chi connectivity index (χ0) is 39.7. The Balaban J connectivity index is 0.799. The van der Waals surface area contributed by atoms with Crippen molar-refractivity contribution in [2.75, 3.05) is 62.8 Å². The molecule has 4 aromatic rings. The Labute approximate surface area is 327 Å². The molecule has 3 heterocycles. The van der Waals surface area contributed by atoms with E-state index in [1.165, 1.54) is 18.2 Å². The SMILES string of the molecule is O=C1CCC(N2C(=O)c3cccc(NCCCOCCOCCOCCCNC(=O)c4cccc(S(=O)(=O)Nc5cccc6c(Cl)c[nH]c56)c4)c3C2=O)C(=O)N1. The summed E-state index contributed by atoms with van der Waals surface area (Å²) in [6, 6.07) is 14.8. The molecule has 0 radical (unpaired) electrons. The molecule has 0 spiro atoms. The van der Waals surface area contributed by atoms with Crippen molar-refractivity contribution in [2.45, 2.75) is 36.6 Å². The molecule has 1 saturated heterocycles. The molecule has 1 fully saturated rings. The molecule has 3 aromatic carbocycles. The van der Waals surface area contributed by atoms with Crippen LogP contribution in [-0.4, -0.2) is 107 Å². The van der Waals surface area contributed by atoms with Crippen molar-refractivity contribution >= 4 is 73.4 Å². The monoisotopic (exact) mass is 808 g/mol. The third-order valence-electron chi connectivity index (χ3n) is 9.06. The van der Waals surface area contributed by atoms with E-state index in [9.17, 15) is 32.4 Å². The van der Waals surface area contributed by atoms with E-state index in [1.54, 1.807) is 48.7 Å². The van der Waals surface area contributed by atoms with E-state index in [2.05, 4.69) is 25.7 Å². The van der Waals surface area contributed by atoms with Crippen molar-refractivity contribution in [3.8, 4) is 0 Å². The van der Waals surface area contributed by atoms with Crippen molar-refractivity contribution < 1.29 is 46.6 Å². The Bertz CT molecular complexity index is 2230. The normalized spacial score (nSPS) is 15.6. The van der Waals surface area contributed by atoms with Gasteiger partial charge in [-0.1, -0.05) is 35.9 Å². The lowest BCUT2D eigenvalue weighted by Gasteiger charge is -2.27. The van der Waals surface area contributed by atoms with Gasteiger partial charge in [-0.2, -0.15) is 0 Å². The van der Waals surface area contributed by atoms with Gasteiger partial charge in [0, 0.05) is 55.6 Å². The number of sulfonamides is 1. The second-order valence-electron chi connectivity index (χ2n) is 12.9. The minimum atomic E-state index is -3.99. The van der Waals surface area contributed by atoms with Crippen LogP contribution in [0.4, 0.5) is 11.4 Å². The largest absolute Gasteiger partial charge is 0.384 e. The van der Waals surface area contributed by atoms with Crippen LogP contribution in [0.5, 0.6) is 0 Å². The van der Waals surface area contributed by atoms with E-state index in [1.807, 2.05) is 0 Å². The first-order chi connectivity index (χ1) is 27.0. The molecule has 56 heavy (non-hydrogen) atoms. The van der Waals surface area contributed by atoms with Crippen LogP contribution in [0.15, 0.2) is 71.8 Å². The number of hydrogen-bond acceptors (Lipinski definition) is 11. The van der Waals surface area contributed by atoms with Gasteiger partial charge in [0.15, 0.2) is 0 Å². The molecule has 0 saturated carbocycles. The molecule has 18 heteroatoms. The Morgan fingerprint density at radius 2 is 1.52 bits per heavy atom. The number of anilines is 2. The summed E-state index contributed by atoms with van der Waals surface area (Å²) >= 11 is 6.16. The number of ether oxygens (including phenoxy) is 3. The molecular formula is C38H41ClN6O10S. The summed E-state index contributed by atoms with van der Waals surface area (Å²) in [6.07, 6.45) is 2.89. The molecule has 5 N–H and O–H groups in total. The number of nitrogens with one attached hydrogen (secondary N) is 5. The van der Waals surface area contributed by atoms with Crippen molar-refractivity contribution in [3.05, 3.63) is 88.6 Å². The Morgan fingerprint density at radius 1 is 0.839 bits per heavy atom. The quantitative estimate of drug-likeness (QED) is 0.0642. The summed E-state index contributed by atoms with van der Waals surface area (Å²) in [7, 11) is -3.99. The average Bonchev–Trinajstić information content (AvgIpc) is 3.69. The number of aromatic amines is 1. The minimum absolute atomic E-state index is 0.0548. The van der Waals surface area contributed by atoms with Crippen molar-refractivity contribution in [1.82, 2.24) is 20.5 Å². The summed E-state index contributed by atoms with van der Waals surface area (Å²) in [5.41, 5.74) is 2.00. The number of carbonyl (C=O) groups excluding carboxylic acids is 5. The zero-order valence-electron chi connectivity index (χ0n) is 30.2. The van der Waals surface area contributed by atoms with Gasteiger partial charge in [-0.3, -0.25) is 38.9 Å². The lowest BCUT2D eigenvalue weighted by atomic mass is 10.0. The van der Waals surface area contributed by atoms with Gasteiger partial charge in [0.1, 0.15) is 6.04 Å². The van der Waals surface area contributed by atoms with Crippen LogP contribution in [0.3, 0.4) is 0 Å². The van der Waals surface area contributed by atoms with Crippen LogP contribution in [0.1, 0.15) is 56.8 Å². The van der Waals surface area contributed by atoms with Crippen LogP contribution in [0.2, 0.25) is 5.02 Å². The number of amides is 5. The maximum atomic E-state index is 13.2. The smallest absolute Gasteiger partial charge is 0.264 e. The van der Waals surface area contributed by atoms with E-state index >= 15 is 0 Å². The van der Waals surface area contributed by atoms with Crippen LogP contribution in [0.25, 0.3) is 10.9 Å². The summed E-state index contributed by atoms with van der Waals surface area (Å²) < 4.78 is 45.5. The lowest BCUT2D eigenvalue weighted by Crippen LogP contribution is -2.54. The fraction of sp³-hybridized carbons (Fsp3) is 0.342. The molecular weight excluding hydrogens is 768 g/mol. The third-order valence-corrected chi connectivity index (χ3v) is 10.7. The van der Waals surface area contributed by atoms with E-state index in [-0.39, 0.29) is 34.4 Å². The highest BCUT2D eigenvalue weighted by molar-refractivity contribution is 7.92. The summed E-state index contributed by atoms with van der Waals surface area (Å²) in [4.78, 5) is 66.6. The molecule has 16 nitrogen and oxygen atoms in total. The zero-order valence-corrected chi connectivity index (χ0v) is 31.8. The number of halogens is 1. The minimum Gasteiger partial charge on any atom is -0.384 e. The average molecular weight is 809 g/mol. The van der Waals surface area contributed by atoms with Gasteiger partial charge in [0.05, 0.1) is 58.7 Å². The second-order valence-corrected chi connectivity index (χ2v) is 15.0. The molecule has 5 amide bonds. The maximum absolute atomic E-state index is 13.2. The highest BCUT2D eigenvalue weighted by atomic mass is 35.5. The number of H-pyrrole nitrogens is 1. The fourth-order valence-electron chi connectivity index (χ4n) is 6.29. The van der Waals surface area contributed by atoms with Gasteiger partial charge in [-0.05, 0) is 55.7 Å². The number of para-hydroxylation sites is 1. The number of imide groups is 2. The highest BCUT2D eigenvalue weighted by Gasteiger charge is 2.45. The summed E-state index contributed by atoms with van der Waals surface area (Å²) in [5.74, 6) is -2.61. The van der Waals surface area contributed by atoms with Gasteiger partial charge in [0.2, 0.25) is 11.8 Å². The van der Waals surface area contributed by atoms with E-state index in [4.69, 9.17) is 25.8 Å². The third kappa shape index (κ3) is 9.54. The fourth-order valence-corrected chi connectivity index (χ4v) is 7.62. The summed E-state index contributed by atoms with van der Waals surface area (Å²) in [6.45, 7) is 3.08. The number of hydrogen-bond donors (Lipinski definition) is 5. The van der Waals surface area contributed by atoms with Gasteiger partial charge in [0.25, 0.3) is 27.7 Å².